The standard InChI is InChI=1S/C25H19ClN4OS/c1-15-6-7-21-23(8-15)32-25(30-21)28-19-10-16(9-18(26)12-19)11-24(31)29-22-14-27-13-17-4-2-3-5-20(17)22/h2-10,12-14H,11H2,1H3,(H,28,30)(H,29,31). The molecule has 0 radical (unpaired) electrons. The van der Waals surface area contributed by atoms with Crippen LogP contribution in [0.3, 0.4) is 0 Å². The zero-order chi connectivity index (χ0) is 22.1. The minimum atomic E-state index is -0.133. The van der Waals surface area contributed by atoms with Crippen LogP contribution in [0, 0.1) is 6.92 Å². The van der Waals surface area contributed by atoms with E-state index >= 15 is 0 Å². The van der Waals surface area contributed by atoms with Crippen LogP contribution >= 0.6 is 22.9 Å². The molecule has 3 aromatic carbocycles. The summed E-state index contributed by atoms with van der Waals surface area (Å²) in [6, 6.07) is 19.6. The summed E-state index contributed by atoms with van der Waals surface area (Å²) in [5, 5.41) is 9.56. The van der Waals surface area contributed by atoms with Crippen LogP contribution in [-0.4, -0.2) is 15.9 Å². The Morgan fingerprint density at radius 1 is 1.06 bits per heavy atom. The zero-order valence-corrected chi connectivity index (χ0v) is 18.8. The van der Waals surface area contributed by atoms with E-state index in [4.69, 9.17) is 11.6 Å². The number of nitrogens with zero attached hydrogens (tertiary/aromatic N) is 2. The Morgan fingerprint density at radius 2 is 1.94 bits per heavy atom. The highest BCUT2D eigenvalue weighted by Gasteiger charge is 2.10. The van der Waals surface area contributed by atoms with Crippen molar-refractivity contribution in [3.63, 3.8) is 0 Å². The lowest BCUT2D eigenvalue weighted by atomic mass is 10.1. The molecule has 0 saturated heterocycles. The molecule has 32 heavy (non-hydrogen) atoms. The minimum Gasteiger partial charge on any atom is -0.331 e. The van der Waals surface area contributed by atoms with Crippen molar-refractivity contribution in [2.75, 3.05) is 10.6 Å². The van der Waals surface area contributed by atoms with Gasteiger partial charge in [0, 0.05) is 27.7 Å². The van der Waals surface area contributed by atoms with Gasteiger partial charge >= 0.3 is 0 Å². The Kier molecular flexibility index (Phi) is 5.47. The SMILES string of the molecule is Cc1ccc2nc(Nc3cc(Cl)cc(CC(=O)Nc4cncc5ccccc45)c3)sc2c1. The predicted molar refractivity (Wildman–Crippen MR) is 133 cm³/mol. The van der Waals surface area contributed by atoms with E-state index in [0.717, 1.165) is 37.4 Å². The predicted octanol–water partition coefficient (Wildman–Crippen LogP) is 6.73. The first-order valence-corrected chi connectivity index (χ1v) is 11.3. The summed E-state index contributed by atoms with van der Waals surface area (Å²) in [4.78, 5) is 21.6. The van der Waals surface area contributed by atoms with Crippen molar-refractivity contribution in [2.45, 2.75) is 13.3 Å². The van der Waals surface area contributed by atoms with E-state index in [0.29, 0.717) is 10.7 Å². The molecule has 0 aliphatic heterocycles. The fourth-order valence-corrected chi connectivity index (χ4v) is 4.87. The van der Waals surface area contributed by atoms with Crippen molar-refractivity contribution in [1.29, 1.82) is 0 Å². The lowest BCUT2D eigenvalue weighted by Gasteiger charge is -2.10. The largest absolute Gasteiger partial charge is 0.331 e. The molecule has 5 rings (SSSR count). The van der Waals surface area contributed by atoms with Crippen molar-refractivity contribution in [3.05, 3.63) is 89.2 Å². The number of nitrogens with one attached hydrogen (secondary N) is 2. The van der Waals surface area contributed by atoms with Crippen molar-refractivity contribution < 1.29 is 4.79 Å². The summed E-state index contributed by atoms with van der Waals surface area (Å²) >= 11 is 7.92. The molecule has 0 aliphatic rings. The third-order valence-electron chi connectivity index (χ3n) is 5.06. The second-order valence-corrected chi connectivity index (χ2v) is 9.06. The molecular weight excluding hydrogens is 440 g/mol. The molecule has 0 aliphatic carbocycles. The van der Waals surface area contributed by atoms with Crippen molar-refractivity contribution >= 4 is 66.3 Å². The summed E-state index contributed by atoms with van der Waals surface area (Å²) in [7, 11) is 0. The molecule has 2 heterocycles. The minimum absolute atomic E-state index is 0.133. The molecule has 2 N–H and O–H groups in total. The van der Waals surface area contributed by atoms with Gasteiger partial charge in [-0.2, -0.15) is 0 Å². The Morgan fingerprint density at radius 3 is 2.84 bits per heavy atom. The van der Waals surface area contributed by atoms with Crippen LogP contribution in [0.2, 0.25) is 5.02 Å². The maximum absolute atomic E-state index is 12.7. The van der Waals surface area contributed by atoms with Gasteiger partial charge in [-0.3, -0.25) is 9.78 Å². The van der Waals surface area contributed by atoms with Crippen LogP contribution in [0.25, 0.3) is 21.0 Å². The number of rotatable bonds is 5. The third kappa shape index (κ3) is 4.42. The van der Waals surface area contributed by atoms with E-state index in [1.807, 2.05) is 48.5 Å². The number of aryl methyl sites for hydroxylation is 1. The smallest absolute Gasteiger partial charge is 0.228 e. The molecule has 5 aromatic rings. The van der Waals surface area contributed by atoms with Crippen LogP contribution in [0.4, 0.5) is 16.5 Å². The number of thiazole rings is 1. The molecule has 0 atom stereocenters. The van der Waals surface area contributed by atoms with Crippen LogP contribution < -0.4 is 10.6 Å². The van der Waals surface area contributed by atoms with E-state index in [1.54, 1.807) is 29.8 Å². The van der Waals surface area contributed by atoms with E-state index in [-0.39, 0.29) is 12.3 Å². The number of anilines is 3. The molecule has 158 valence electrons. The van der Waals surface area contributed by atoms with Crippen LogP contribution in [-0.2, 0) is 11.2 Å². The molecule has 0 saturated carbocycles. The van der Waals surface area contributed by atoms with E-state index < -0.39 is 0 Å². The second-order valence-electron chi connectivity index (χ2n) is 7.60. The van der Waals surface area contributed by atoms with Gasteiger partial charge in [0.15, 0.2) is 5.13 Å². The van der Waals surface area contributed by atoms with Gasteiger partial charge in [0.05, 0.1) is 28.5 Å². The molecule has 1 amide bonds. The van der Waals surface area contributed by atoms with E-state index in [2.05, 4.69) is 33.6 Å². The summed E-state index contributed by atoms with van der Waals surface area (Å²) in [6.45, 7) is 2.06. The number of amides is 1. The Bertz CT molecular complexity index is 1460. The van der Waals surface area contributed by atoms with Crippen molar-refractivity contribution in [2.24, 2.45) is 0 Å². The monoisotopic (exact) mass is 458 g/mol. The fraction of sp³-hybridized carbons (Fsp3) is 0.0800. The van der Waals surface area contributed by atoms with Gasteiger partial charge in [-0.25, -0.2) is 4.98 Å². The second kappa shape index (κ2) is 8.57. The first kappa shape index (κ1) is 20.4. The topological polar surface area (TPSA) is 66.9 Å². The zero-order valence-electron chi connectivity index (χ0n) is 17.2. The average Bonchev–Trinajstić information content (AvgIpc) is 3.14. The number of fused-ring (bicyclic) bond motifs is 2. The fourth-order valence-electron chi connectivity index (χ4n) is 3.63. The number of carbonyl (C=O) groups is 1. The first-order valence-electron chi connectivity index (χ1n) is 10.1. The van der Waals surface area contributed by atoms with Gasteiger partial charge in [-0.15, -0.1) is 0 Å². The van der Waals surface area contributed by atoms with Gasteiger partial charge in [0.25, 0.3) is 0 Å². The molecule has 0 unspecified atom stereocenters. The number of hydrogen-bond donors (Lipinski definition) is 2. The third-order valence-corrected chi connectivity index (χ3v) is 6.21. The van der Waals surface area contributed by atoms with Crippen LogP contribution in [0.15, 0.2) is 73.1 Å². The quantitative estimate of drug-likeness (QED) is 0.306. The Labute approximate surface area is 194 Å². The van der Waals surface area contributed by atoms with E-state index in [9.17, 15) is 4.79 Å². The van der Waals surface area contributed by atoms with Gasteiger partial charge in [0.1, 0.15) is 0 Å². The van der Waals surface area contributed by atoms with Crippen LogP contribution in [0.5, 0.6) is 0 Å². The summed E-state index contributed by atoms with van der Waals surface area (Å²) < 4.78 is 1.12. The number of hydrogen-bond acceptors (Lipinski definition) is 5. The van der Waals surface area contributed by atoms with Gasteiger partial charge in [-0.05, 0) is 48.4 Å². The highest BCUT2D eigenvalue weighted by Crippen LogP contribution is 2.30. The first-order chi connectivity index (χ1) is 15.5. The summed E-state index contributed by atoms with van der Waals surface area (Å²) in [5.74, 6) is -0.133. The Balaban J connectivity index is 1.34. The highest BCUT2D eigenvalue weighted by molar-refractivity contribution is 7.22. The number of pyridine rings is 1. The Hall–Kier alpha value is -3.48. The maximum atomic E-state index is 12.7. The maximum Gasteiger partial charge on any atom is 0.228 e. The molecule has 2 aromatic heterocycles. The molecular formula is C25H19ClN4OS. The number of halogens is 1. The number of aromatic nitrogens is 2. The molecule has 0 fully saturated rings. The molecule has 7 heteroatoms. The lowest BCUT2D eigenvalue weighted by Crippen LogP contribution is -2.15. The van der Waals surface area contributed by atoms with Gasteiger partial charge in [-0.1, -0.05) is 53.3 Å². The van der Waals surface area contributed by atoms with Crippen molar-refractivity contribution in [3.8, 4) is 0 Å². The lowest BCUT2D eigenvalue weighted by molar-refractivity contribution is -0.115. The molecule has 0 spiro atoms. The number of carbonyl (C=O) groups excluding carboxylic acids is 1. The summed E-state index contributed by atoms with van der Waals surface area (Å²) in [5.41, 5.74) is 4.45. The normalized spacial score (nSPS) is 11.1. The number of benzene rings is 3. The summed E-state index contributed by atoms with van der Waals surface area (Å²) in [6.07, 6.45) is 3.64. The van der Waals surface area contributed by atoms with Gasteiger partial charge in [0.2, 0.25) is 5.91 Å². The average molecular weight is 459 g/mol. The molecule has 5 nitrogen and oxygen atoms in total. The molecule has 0 bridgehead atoms. The van der Waals surface area contributed by atoms with E-state index in [1.165, 1.54) is 5.56 Å². The van der Waals surface area contributed by atoms with Gasteiger partial charge < -0.3 is 10.6 Å². The highest BCUT2D eigenvalue weighted by atomic mass is 35.5. The van der Waals surface area contributed by atoms with Crippen molar-refractivity contribution in [1.82, 2.24) is 9.97 Å². The van der Waals surface area contributed by atoms with Crippen LogP contribution in [0.1, 0.15) is 11.1 Å².